The number of piperazine rings is 1. The average molecular weight is 395 g/mol. The van der Waals surface area contributed by atoms with Gasteiger partial charge < -0.3 is 19.9 Å². The summed E-state index contributed by atoms with van der Waals surface area (Å²) in [4.78, 5) is 15.5. The van der Waals surface area contributed by atoms with Gasteiger partial charge in [0.15, 0.2) is 6.04 Å². The van der Waals surface area contributed by atoms with E-state index in [0.717, 1.165) is 38.5 Å². The summed E-state index contributed by atoms with van der Waals surface area (Å²) in [6.45, 7) is 8.92. The van der Waals surface area contributed by atoms with Gasteiger partial charge in [0.05, 0.1) is 18.4 Å². The van der Waals surface area contributed by atoms with Crippen molar-refractivity contribution in [3.8, 4) is 11.8 Å². The highest BCUT2D eigenvalue weighted by Gasteiger charge is 2.31. The van der Waals surface area contributed by atoms with Gasteiger partial charge in [-0.3, -0.25) is 4.79 Å². The van der Waals surface area contributed by atoms with Crippen LogP contribution in [0, 0.1) is 18.3 Å². The lowest BCUT2D eigenvalue weighted by Gasteiger charge is -2.32. The van der Waals surface area contributed by atoms with Gasteiger partial charge in [0.2, 0.25) is 0 Å². The molecule has 2 aromatic carbocycles. The van der Waals surface area contributed by atoms with Crippen LogP contribution in [0.25, 0.3) is 0 Å². The van der Waals surface area contributed by atoms with Crippen LogP contribution < -0.4 is 19.9 Å². The molecule has 1 aliphatic rings. The first kappa shape index (κ1) is 20.8. The summed E-state index contributed by atoms with van der Waals surface area (Å²) in [6.07, 6.45) is 0. The van der Waals surface area contributed by atoms with E-state index >= 15 is 0 Å². The molecule has 0 unspecified atom stereocenters. The molecule has 0 bridgehead atoms. The molecule has 0 aliphatic carbocycles. The van der Waals surface area contributed by atoms with Crippen LogP contribution in [-0.2, 0) is 11.3 Å². The van der Waals surface area contributed by atoms with Crippen LogP contribution in [0.3, 0.4) is 0 Å². The fourth-order valence-corrected chi connectivity index (χ4v) is 3.97. The van der Waals surface area contributed by atoms with E-state index in [2.05, 4.69) is 30.4 Å². The minimum atomic E-state index is -0.156. The third kappa shape index (κ3) is 5.14. The van der Waals surface area contributed by atoms with Crippen LogP contribution >= 0.6 is 0 Å². The number of hydrogen-bond donors (Lipinski definition) is 3. The third-order valence-electron chi connectivity index (χ3n) is 5.79. The second kappa shape index (κ2) is 9.55. The van der Waals surface area contributed by atoms with E-state index in [1.165, 1.54) is 20.9 Å². The van der Waals surface area contributed by atoms with E-state index in [-0.39, 0.29) is 11.9 Å². The Morgan fingerprint density at radius 1 is 1.21 bits per heavy atom. The number of hydrogen-bond acceptors (Lipinski definition) is 3. The highest BCUT2D eigenvalue weighted by molar-refractivity contribution is 5.94. The number of carbonyl (C=O) groups is 1. The number of para-hydroxylation sites is 1. The van der Waals surface area contributed by atoms with E-state index in [9.17, 15) is 10.1 Å². The lowest BCUT2D eigenvalue weighted by molar-refractivity contribution is -1.02. The fourth-order valence-electron chi connectivity index (χ4n) is 3.97. The van der Waals surface area contributed by atoms with Gasteiger partial charge in [0.1, 0.15) is 44.5 Å². The summed E-state index contributed by atoms with van der Waals surface area (Å²) in [5, 5.41) is 12.1. The SMILES string of the molecule is COc1ccc(C)cc1C[NH+]1CC[NH+]([C@H](C)C(=O)Nc2ccccc2C#N)CC1. The van der Waals surface area contributed by atoms with Crippen molar-refractivity contribution in [2.45, 2.75) is 26.4 Å². The van der Waals surface area contributed by atoms with Crippen molar-refractivity contribution in [3.05, 3.63) is 59.2 Å². The maximum absolute atomic E-state index is 12.7. The molecule has 1 aliphatic heterocycles. The molecule has 0 saturated carbocycles. The van der Waals surface area contributed by atoms with Gasteiger partial charge in [-0.2, -0.15) is 5.26 Å². The lowest BCUT2D eigenvalue weighted by atomic mass is 10.1. The maximum Gasteiger partial charge on any atom is 0.282 e. The van der Waals surface area contributed by atoms with Gasteiger partial charge in [-0.15, -0.1) is 0 Å². The number of amides is 1. The molecule has 6 heteroatoms. The van der Waals surface area contributed by atoms with Gasteiger partial charge in [0.25, 0.3) is 5.91 Å². The Bertz CT molecular complexity index is 898. The molecule has 0 radical (unpaired) electrons. The van der Waals surface area contributed by atoms with Crippen LogP contribution in [0.2, 0.25) is 0 Å². The van der Waals surface area contributed by atoms with Crippen molar-refractivity contribution >= 4 is 11.6 Å². The highest BCUT2D eigenvalue weighted by Crippen LogP contribution is 2.18. The first-order valence-electron chi connectivity index (χ1n) is 10.1. The Morgan fingerprint density at radius 2 is 1.93 bits per heavy atom. The number of methoxy groups -OCH3 is 1. The fraction of sp³-hybridized carbons (Fsp3) is 0.391. The number of benzene rings is 2. The number of nitriles is 1. The molecule has 0 aromatic heterocycles. The number of rotatable bonds is 6. The largest absolute Gasteiger partial charge is 0.496 e. The van der Waals surface area contributed by atoms with Crippen molar-refractivity contribution in [3.63, 3.8) is 0 Å². The number of quaternary nitrogens is 2. The van der Waals surface area contributed by atoms with Crippen LogP contribution in [0.5, 0.6) is 5.75 Å². The molecule has 152 valence electrons. The molecular weight excluding hydrogens is 364 g/mol. The van der Waals surface area contributed by atoms with E-state index in [1.807, 2.05) is 19.1 Å². The minimum absolute atomic E-state index is 0.0356. The molecule has 1 amide bonds. The van der Waals surface area contributed by atoms with Gasteiger partial charge in [-0.25, -0.2) is 0 Å². The van der Waals surface area contributed by atoms with E-state index in [0.29, 0.717) is 11.3 Å². The second-order valence-corrected chi connectivity index (χ2v) is 7.77. The Kier molecular flexibility index (Phi) is 6.86. The first-order chi connectivity index (χ1) is 14.0. The predicted octanol–water partition coefficient (Wildman–Crippen LogP) is 0.186. The molecule has 1 heterocycles. The zero-order valence-electron chi connectivity index (χ0n) is 17.4. The molecule has 1 fully saturated rings. The Hall–Kier alpha value is -2.88. The van der Waals surface area contributed by atoms with E-state index in [1.54, 1.807) is 25.3 Å². The summed E-state index contributed by atoms with van der Waals surface area (Å²) in [5.41, 5.74) is 3.56. The van der Waals surface area contributed by atoms with E-state index in [4.69, 9.17) is 4.74 Å². The summed E-state index contributed by atoms with van der Waals surface area (Å²) in [7, 11) is 1.72. The molecule has 1 saturated heterocycles. The molecule has 29 heavy (non-hydrogen) atoms. The monoisotopic (exact) mass is 394 g/mol. The van der Waals surface area contributed by atoms with Crippen molar-refractivity contribution in [1.82, 2.24) is 0 Å². The van der Waals surface area contributed by atoms with Gasteiger partial charge in [-0.05, 0) is 38.1 Å². The predicted molar refractivity (Wildman–Crippen MR) is 112 cm³/mol. The Labute approximate surface area is 172 Å². The summed E-state index contributed by atoms with van der Waals surface area (Å²) < 4.78 is 5.51. The van der Waals surface area contributed by atoms with Gasteiger partial charge in [0, 0.05) is 5.56 Å². The zero-order chi connectivity index (χ0) is 20.8. The van der Waals surface area contributed by atoms with Crippen LogP contribution in [0.4, 0.5) is 5.69 Å². The summed E-state index contributed by atoms with van der Waals surface area (Å²) in [5.74, 6) is 0.910. The van der Waals surface area contributed by atoms with Crippen molar-refractivity contribution in [2.24, 2.45) is 0 Å². The van der Waals surface area contributed by atoms with Crippen molar-refractivity contribution in [2.75, 3.05) is 38.6 Å². The number of ether oxygens (including phenoxy) is 1. The molecular formula is C23H30N4O2+2. The number of nitrogens with zero attached hydrogens (tertiary/aromatic N) is 1. The van der Waals surface area contributed by atoms with Crippen LogP contribution in [0.1, 0.15) is 23.6 Å². The Morgan fingerprint density at radius 3 is 2.62 bits per heavy atom. The molecule has 2 aromatic rings. The van der Waals surface area contributed by atoms with Gasteiger partial charge >= 0.3 is 0 Å². The second-order valence-electron chi connectivity index (χ2n) is 7.77. The maximum atomic E-state index is 12.7. The zero-order valence-corrected chi connectivity index (χ0v) is 17.4. The lowest BCUT2D eigenvalue weighted by Crippen LogP contribution is -3.29. The topological polar surface area (TPSA) is 71.0 Å². The molecule has 6 nitrogen and oxygen atoms in total. The molecule has 1 atom stereocenters. The molecule has 3 rings (SSSR count). The molecule has 3 N–H and O–H groups in total. The van der Waals surface area contributed by atoms with Crippen LogP contribution in [0.15, 0.2) is 42.5 Å². The summed E-state index contributed by atoms with van der Waals surface area (Å²) in [6, 6.07) is 15.4. The minimum Gasteiger partial charge on any atom is -0.496 e. The smallest absolute Gasteiger partial charge is 0.282 e. The standard InChI is InChI=1S/C23H28N4O2/c1-17-8-9-22(29-3)20(14-17)16-26-10-12-27(13-11-26)18(2)23(28)25-21-7-5-4-6-19(21)15-24/h4-9,14,18H,10-13,16H2,1-3H3,(H,25,28)/p+2/t18-/m1/s1. The quantitative estimate of drug-likeness (QED) is 0.655. The van der Waals surface area contributed by atoms with Crippen molar-refractivity contribution in [1.29, 1.82) is 5.26 Å². The van der Waals surface area contributed by atoms with Crippen molar-refractivity contribution < 1.29 is 19.3 Å². The number of aryl methyl sites for hydroxylation is 1. The van der Waals surface area contributed by atoms with Crippen LogP contribution in [-0.4, -0.2) is 45.2 Å². The molecule has 0 spiro atoms. The number of anilines is 1. The Balaban J connectivity index is 1.55. The van der Waals surface area contributed by atoms with E-state index < -0.39 is 0 Å². The number of nitrogens with one attached hydrogen (secondary N) is 3. The van der Waals surface area contributed by atoms with Gasteiger partial charge in [-0.1, -0.05) is 23.8 Å². The number of carbonyl (C=O) groups excluding carboxylic acids is 1. The highest BCUT2D eigenvalue weighted by atomic mass is 16.5. The first-order valence-corrected chi connectivity index (χ1v) is 10.1. The average Bonchev–Trinajstić information content (AvgIpc) is 2.74. The summed E-state index contributed by atoms with van der Waals surface area (Å²) >= 11 is 0. The normalized spacial score (nSPS) is 19.8. The third-order valence-corrected chi connectivity index (χ3v) is 5.79.